The summed E-state index contributed by atoms with van der Waals surface area (Å²) in [5, 5.41) is 21.5. The molecule has 2 N–H and O–H groups in total. The molecule has 2 heteroatoms. The zero-order chi connectivity index (χ0) is 18.7. The maximum absolute atomic E-state index is 11.3. The molecule has 4 fully saturated rings. The molecular formula is C24H42O2. The number of hydrogen-bond acceptors (Lipinski definition) is 2. The van der Waals surface area contributed by atoms with Gasteiger partial charge in [0, 0.05) is 0 Å². The summed E-state index contributed by atoms with van der Waals surface area (Å²) in [6, 6.07) is 0. The molecule has 0 bridgehead atoms. The van der Waals surface area contributed by atoms with Gasteiger partial charge in [-0.05, 0) is 97.7 Å². The van der Waals surface area contributed by atoms with Crippen LogP contribution in [0.2, 0.25) is 0 Å². The van der Waals surface area contributed by atoms with Crippen LogP contribution in [0.3, 0.4) is 0 Å². The first-order valence-electron chi connectivity index (χ1n) is 11.7. The lowest BCUT2D eigenvalue weighted by molar-refractivity contribution is -0.174. The topological polar surface area (TPSA) is 40.5 Å². The van der Waals surface area contributed by atoms with Gasteiger partial charge in [-0.1, -0.05) is 40.5 Å². The van der Waals surface area contributed by atoms with Crippen molar-refractivity contribution in [1.29, 1.82) is 0 Å². The normalized spacial score (nSPS) is 54.9. The van der Waals surface area contributed by atoms with Gasteiger partial charge in [0.2, 0.25) is 0 Å². The van der Waals surface area contributed by atoms with Gasteiger partial charge in [-0.2, -0.15) is 0 Å². The molecule has 2 nitrogen and oxygen atoms in total. The van der Waals surface area contributed by atoms with Gasteiger partial charge >= 0.3 is 0 Å². The average Bonchev–Trinajstić information content (AvgIpc) is 2.94. The van der Waals surface area contributed by atoms with Crippen molar-refractivity contribution in [2.24, 2.45) is 46.3 Å². The number of hydrogen-bond donors (Lipinski definition) is 2. The van der Waals surface area contributed by atoms with Gasteiger partial charge < -0.3 is 10.2 Å². The molecular weight excluding hydrogens is 320 g/mol. The summed E-state index contributed by atoms with van der Waals surface area (Å²) in [5.41, 5.74) is 0.811. The Kier molecular flexibility index (Phi) is 5.01. The van der Waals surface area contributed by atoms with Gasteiger partial charge in [-0.25, -0.2) is 0 Å². The summed E-state index contributed by atoms with van der Waals surface area (Å²) in [7, 11) is 0. The van der Waals surface area contributed by atoms with Crippen LogP contribution in [0.1, 0.15) is 91.9 Å². The predicted octanol–water partition coefficient (Wildman–Crippen LogP) is 5.41. The Balaban J connectivity index is 1.61. The van der Waals surface area contributed by atoms with E-state index in [4.69, 9.17) is 0 Å². The van der Waals surface area contributed by atoms with E-state index in [-0.39, 0.29) is 12.2 Å². The predicted molar refractivity (Wildman–Crippen MR) is 107 cm³/mol. The minimum absolute atomic E-state index is 0.128. The van der Waals surface area contributed by atoms with E-state index in [0.29, 0.717) is 28.6 Å². The van der Waals surface area contributed by atoms with Crippen LogP contribution in [-0.4, -0.2) is 22.4 Å². The van der Waals surface area contributed by atoms with E-state index in [1.165, 1.54) is 44.9 Å². The molecule has 0 aromatic heterocycles. The van der Waals surface area contributed by atoms with Gasteiger partial charge in [-0.15, -0.1) is 0 Å². The van der Waals surface area contributed by atoms with E-state index in [1.54, 1.807) is 0 Å². The van der Waals surface area contributed by atoms with Crippen LogP contribution in [0.25, 0.3) is 0 Å². The van der Waals surface area contributed by atoms with E-state index in [2.05, 4.69) is 27.7 Å². The fourth-order valence-electron chi connectivity index (χ4n) is 8.83. The van der Waals surface area contributed by atoms with Crippen molar-refractivity contribution in [2.45, 2.75) is 104 Å². The fraction of sp³-hybridized carbons (Fsp3) is 1.00. The standard InChI is InChI=1S/C24H42O2/c1-5-6-15(2)18-7-8-19-22-20(10-12-24(18,19)4)23(3)11-9-17(25)13-16(23)14-21(22)26/h15-22,25-26H,5-14H2,1-4H3/t15-,16?,17-,18+,19?,20?,21-,22?,23-,24+/m0/s1. The third-order valence-corrected chi connectivity index (χ3v) is 10.2. The van der Waals surface area contributed by atoms with Crippen molar-refractivity contribution in [3.05, 3.63) is 0 Å². The Morgan fingerprint density at radius 2 is 1.62 bits per heavy atom. The molecule has 0 saturated heterocycles. The zero-order valence-corrected chi connectivity index (χ0v) is 17.6. The molecule has 150 valence electrons. The smallest absolute Gasteiger partial charge is 0.0577 e. The highest BCUT2D eigenvalue weighted by atomic mass is 16.3. The van der Waals surface area contributed by atoms with E-state index >= 15 is 0 Å². The molecule has 10 atom stereocenters. The molecule has 4 aliphatic rings. The molecule has 4 unspecified atom stereocenters. The Morgan fingerprint density at radius 1 is 0.923 bits per heavy atom. The lowest BCUT2D eigenvalue weighted by Gasteiger charge is -2.62. The lowest BCUT2D eigenvalue weighted by Crippen LogP contribution is -2.58. The lowest BCUT2D eigenvalue weighted by atomic mass is 9.43. The van der Waals surface area contributed by atoms with Crippen LogP contribution in [0.15, 0.2) is 0 Å². The third kappa shape index (κ3) is 2.72. The minimum Gasteiger partial charge on any atom is -0.393 e. The van der Waals surface area contributed by atoms with E-state index in [0.717, 1.165) is 37.0 Å². The second-order valence-corrected chi connectivity index (χ2v) is 11.2. The van der Waals surface area contributed by atoms with Gasteiger partial charge in [0.15, 0.2) is 0 Å². The van der Waals surface area contributed by atoms with Crippen LogP contribution in [0, 0.1) is 46.3 Å². The molecule has 0 radical (unpaired) electrons. The highest BCUT2D eigenvalue weighted by Crippen LogP contribution is 2.68. The monoisotopic (exact) mass is 362 g/mol. The number of aliphatic hydroxyl groups excluding tert-OH is 2. The summed E-state index contributed by atoms with van der Waals surface area (Å²) >= 11 is 0. The van der Waals surface area contributed by atoms with Crippen molar-refractivity contribution in [3.63, 3.8) is 0 Å². The Hall–Kier alpha value is -0.0800. The Labute approximate surface area is 161 Å². The summed E-state index contributed by atoms with van der Waals surface area (Å²) in [6.07, 6.45) is 11.8. The van der Waals surface area contributed by atoms with E-state index in [1.807, 2.05) is 0 Å². The van der Waals surface area contributed by atoms with E-state index < -0.39 is 0 Å². The molecule has 0 aromatic carbocycles. The van der Waals surface area contributed by atoms with E-state index in [9.17, 15) is 10.2 Å². The van der Waals surface area contributed by atoms with Gasteiger partial charge in [0.05, 0.1) is 12.2 Å². The molecule has 4 rings (SSSR count). The first-order valence-corrected chi connectivity index (χ1v) is 11.7. The second kappa shape index (κ2) is 6.76. The highest BCUT2D eigenvalue weighted by molar-refractivity contribution is 5.11. The van der Waals surface area contributed by atoms with Crippen LogP contribution in [-0.2, 0) is 0 Å². The van der Waals surface area contributed by atoms with Crippen molar-refractivity contribution in [1.82, 2.24) is 0 Å². The van der Waals surface area contributed by atoms with Crippen molar-refractivity contribution >= 4 is 0 Å². The molecule has 4 aliphatic carbocycles. The molecule has 0 aliphatic heterocycles. The van der Waals surface area contributed by atoms with Crippen molar-refractivity contribution < 1.29 is 10.2 Å². The maximum atomic E-state index is 11.3. The summed E-state index contributed by atoms with van der Waals surface area (Å²) < 4.78 is 0. The molecule has 0 heterocycles. The second-order valence-electron chi connectivity index (χ2n) is 11.2. The molecule has 0 amide bonds. The Bertz CT molecular complexity index is 518. The summed E-state index contributed by atoms with van der Waals surface area (Å²) in [6.45, 7) is 9.92. The van der Waals surface area contributed by atoms with Crippen LogP contribution in [0.5, 0.6) is 0 Å². The first kappa shape index (κ1) is 19.2. The SMILES string of the molecule is CCC[C@H](C)[C@H]1CCC2C3C(CC[C@@]21C)[C@@]1(C)CC[C@H](O)CC1C[C@@H]3O. The summed E-state index contributed by atoms with van der Waals surface area (Å²) in [5.74, 6) is 4.15. The molecule has 26 heavy (non-hydrogen) atoms. The Morgan fingerprint density at radius 3 is 2.35 bits per heavy atom. The number of rotatable bonds is 3. The molecule has 0 spiro atoms. The quantitative estimate of drug-likeness (QED) is 0.704. The molecule has 4 saturated carbocycles. The van der Waals surface area contributed by atoms with Crippen molar-refractivity contribution in [3.8, 4) is 0 Å². The average molecular weight is 363 g/mol. The third-order valence-electron chi connectivity index (χ3n) is 10.2. The largest absolute Gasteiger partial charge is 0.393 e. The summed E-state index contributed by atoms with van der Waals surface area (Å²) in [4.78, 5) is 0. The minimum atomic E-state index is -0.131. The first-order chi connectivity index (χ1) is 12.3. The maximum Gasteiger partial charge on any atom is 0.0577 e. The number of aliphatic hydroxyl groups is 2. The van der Waals surface area contributed by atoms with Crippen molar-refractivity contribution in [2.75, 3.05) is 0 Å². The van der Waals surface area contributed by atoms with Crippen LogP contribution >= 0.6 is 0 Å². The van der Waals surface area contributed by atoms with Gasteiger partial charge in [0.25, 0.3) is 0 Å². The fourth-order valence-corrected chi connectivity index (χ4v) is 8.83. The van der Waals surface area contributed by atoms with Crippen LogP contribution < -0.4 is 0 Å². The zero-order valence-electron chi connectivity index (χ0n) is 17.6. The van der Waals surface area contributed by atoms with Gasteiger partial charge in [-0.3, -0.25) is 0 Å². The van der Waals surface area contributed by atoms with Gasteiger partial charge in [0.1, 0.15) is 0 Å². The van der Waals surface area contributed by atoms with Crippen LogP contribution in [0.4, 0.5) is 0 Å². The number of fused-ring (bicyclic) bond motifs is 5. The highest BCUT2D eigenvalue weighted by Gasteiger charge is 2.62. The molecule has 0 aromatic rings.